The zero-order chi connectivity index (χ0) is 28.3. The van der Waals surface area contributed by atoms with Crippen molar-refractivity contribution in [2.24, 2.45) is 0 Å². The van der Waals surface area contributed by atoms with Gasteiger partial charge < -0.3 is 25.8 Å². The number of esters is 1. The monoisotopic (exact) mass is 545 g/mol. The number of hydrogen-bond donors (Lipinski definition) is 3. The number of amides is 2. The highest BCUT2D eigenvalue weighted by molar-refractivity contribution is 7.99. The maximum absolute atomic E-state index is 12.1. The average Bonchev–Trinajstić information content (AvgIpc) is 2.82. The molecule has 10 nitrogen and oxygen atoms in total. The molecule has 2 aromatic rings. The number of benzene rings is 1. The number of unbranched alkanes of at least 4 members (excludes halogenated alkanes) is 2. The van der Waals surface area contributed by atoms with Crippen LogP contribution in [0.5, 0.6) is 0 Å². The average molecular weight is 546 g/mol. The van der Waals surface area contributed by atoms with Crippen LogP contribution in [0.2, 0.25) is 0 Å². The number of nitrogen functional groups attached to an aromatic ring is 1. The van der Waals surface area contributed by atoms with Crippen molar-refractivity contribution in [1.82, 2.24) is 20.6 Å². The second-order valence-corrected chi connectivity index (χ2v) is 10.9. The second kappa shape index (κ2) is 14.6. The molecule has 0 atom stereocenters. The number of nitrogens with two attached hydrogens (primary N) is 1. The number of aryl methyl sites for hydroxylation is 1. The minimum Gasteiger partial charge on any atom is -0.465 e. The van der Waals surface area contributed by atoms with Crippen molar-refractivity contribution in [2.75, 3.05) is 31.7 Å². The third-order valence-electron chi connectivity index (χ3n) is 5.48. The van der Waals surface area contributed by atoms with Crippen LogP contribution in [0.3, 0.4) is 0 Å². The summed E-state index contributed by atoms with van der Waals surface area (Å²) in [6.45, 7) is 10.3. The summed E-state index contributed by atoms with van der Waals surface area (Å²) in [5, 5.41) is 6.31. The molecule has 2 rings (SSSR count). The molecule has 0 aliphatic heterocycles. The molecule has 1 heterocycles. The number of rotatable bonds is 12. The first-order chi connectivity index (χ1) is 17.9. The summed E-state index contributed by atoms with van der Waals surface area (Å²) in [4.78, 5) is 44.6. The van der Waals surface area contributed by atoms with Gasteiger partial charge in [-0.05, 0) is 70.7 Å². The Balaban J connectivity index is 1.79. The fraction of sp³-hybridized carbons (Fsp3) is 0.519. The van der Waals surface area contributed by atoms with E-state index in [1.165, 1.54) is 18.9 Å². The number of nitrogens with one attached hydrogen (secondary N) is 2. The predicted octanol–water partition coefficient (Wildman–Crippen LogP) is 4.42. The molecule has 208 valence electrons. The van der Waals surface area contributed by atoms with Crippen molar-refractivity contribution in [3.8, 4) is 11.3 Å². The minimum atomic E-state index is -0.515. The highest BCUT2D eigenvalue weighted by Crippen LogP contribution is 2.31. The largest absolute Gasteiger partial charge is 0.465 e. The molecule has 0 aliphatic carbocycles. The topological polar surface area (TPSA) is 146 Å². The number of aromatic nitrogens is 2. The molecule has 1 aromatic carbocycles. The van der Waals surface area contributed by atoms with Crippen LogP contribution in [0.25, 0.3) is 11.3 Å². The molecule has 4 N–H and O–H groups in total. The lowest BCUT2D eigenvalue weighted by molar-refractivity contribution is -0.121. The van der Waals surface area contributed by atoms with Crippen molar-refractivity contribution in [1.29, 1.82) is 0 Å². The Morgan fingerprint density at radius 3 is 2.45 bits per heavy atom. The smallest absolute Gasteiger partial charge is 0.407 e. The summed E-state index contributed by atoms with van der Waals surface area (Å²) in [7, 11) is 1.35. The first-order valence-corrected chi connectivity index (χ1v) is 13.6. The Hall–Kier alpha value is -3.34. The quantitative estimate of drug-likeness (QED) is 0.153. The van der Waals surface area contributed by atoms with Gasteiger partial charge in [0.05, 0.1) is 18.4 Å². The predicted molar refractivity (Wildman–Crippen MR) is 149 cm³/mol. The Morgan fingerprint density at radius 1 is 1.03 bits per heavy atom. The SMILES string of the molecule is COC(=O)c1ccc(C)c(-c2cc(SCCNC(=O)CCCCCNC(=O)OC(C)(C)C)nc(N)n2)c1C. The van der Waals surface area contributed by atoms with Crippen LogP contribution in [-0.4, -0.2) is 59.5 Å². The fourth-order valence-electron chi connectivity index (χ4n) is 3.74. The van der Waals surface area contributed by atoms with Crippen molar-refractivity contribution in [3.63, 3.8) is 0 Å². The Labute approximate surface area is 228 Å². The number of anilines is 1. The van der Waals surface area contributed by atoms with Gasteiger partial charge in [-0.2, -0.15) is 0 Å². The molecule has 0 spiro atoms. The molecule has 2 amide bonds. The fourth-order valence-corrected chi connectivity index (χ4v) is 4.51. The van der Waals surface area contributed by atoms with Gasteiger partial charge in [0, 0.05) is 30.8 Å². The maximum atomic E-state index is 12.1. The molecule has 0 radical (unpaired) electrons. The van der Waals surface area contributed by atoms with Crippen LogP contribution in [0.15, 0.2) is 23.2 Å². The van der Waals surface area contributed by atoms with Gasteiger partial charge in [-0.3, -0.25) is 4.79 Å². The molecule has 11 heteroatoms. The summed E-state index contributed by atoms with van der Waals surface area (Å²) in [5.41, 5.74) is 9.10. The van der Waals surface area contributed by atoms with Crippen LogP contribution in [-0.2, 0) is 14.3 Å². The molecule has 0 aliphatic rings. The van der Waals surface area contributed by atoms with Crippen LogP contribution in [0.1, 0.15) is 67.9 Å². The highest BCUT2D eigenvalue weighted by Gasteiger charge is 2.18. The highest BCUT2D eigenvalue weighted by atomic mass is 32.2. The van der Waals surface area contributed by atoms with Crippen LogP contribution in [0.4, 0.5) is 10.7 Å². The second-order valence-electron chi connectivity index (χ2n) is 9.81. The number of alkyl carbamates (subject to hydrolysis) is 1. The van der Waals surface area contributed by atoms with Gasteiger partial charge in [0.1, 0.15) is 10.6 Å². The maximum Gasteiger partial charge on any atom is 0.407 e. The van der Waals surface area contributed by atoms with Crippen molar-refractivity contribution < 1.29 is 23.9 Å². The number of thioether (sulfide) groups is 1. The van der Waals surface area contributed by atoms with Gasteiger partial charge in [0.25, 0.3) is 0 Å². The Morgan fingerprint density at radius 2 is 1.76 bits per heavy atom. The minimum absolute atomic E-state index is 0.0144. The number of nitrogens with zero attached hydrogens (tertiary/aromatic N) is 2. The zero-order valence-electron chi connectivity index (χ0n) is 23.1. The van der Waals surface area contributed by atoms with E-state index < -0.39 is 17.7 Å². The number of ether oxygens (including phenoxy) is 2. The molecule has 0 bridgehead atoms. The van der Waals surface area contributed by atoms with Gasteiger partial charge in [0.15, 0.2) is 0 Å². The third-order valence-corrected chi connectivity index (χ3v) is 6.39. The normalized spacial score (nSPS) is 11.1. The van der Waals surface area contributed by atoms with E-state index in [1.807, 2.05) is 46.8 Å². The molecule has 0 unspecified atom stereocenters. The van der Waals surface area contributed by atoms with E-state index in [4.69, 9.17) is 15.2 Å². The molecule has 0 saturated heterocycles. The number of carbonyl (C=O) groups is 3. The van der Waals surface area contributed by atoms with Crippen LogP contribution >= 0.6 is 11.8 Å². The van der Waals surface area contributed by atoms with Gasteiger partial charge in [0.2, 0.25) is 11.9 Å². The number of hydrogen-bond acceptors (Lipinski definition) is 9. The molecule has 38 heavy (non-hydrogen) atoms. The van der Waals surface area contributed by atoms with Gasteiger partial charge in [-0.15, -0.1) is 11.8 Å². The lowest BCUT2D eigenvalue weighted by Crippen LogP contribution is -2.33. The lowest BCUT2D eigenvalue weighted by Gasteiger charge is -2.19. The molecular weight excluding hydrogens is 506 g/mol. The van der Waals surface area contributed by atoms with Crippen molar-refractivity contribution in [3.05, 3.63) is 34.9 Å². The van der Waals surface area contributed by atoms with E-state index in [-0.39, 0.29) is 11.9 Å². The summed E-state index contributed by atoms with van der Waals surface area (Å²) in [6, 6.07) is 5.43. The van der Waals surface area contributed by atoms with E-state index >= 15 is 0 Å². The van der Waals surface area contributed by atoms with Gasteiger partial charge in [-0.25, -0.2) is 19.6 Å². The van der Waals surface area contributed by atoms with Gasteiger partial charge in [-0.1, -0.05) is 12.5 Å². The Bertz CT molecular complexity index is 1130. The lowest BCUT2D eigenvalue weighted by atomic mass is 9.95. The standard InChI is InChI=1S/C27H39N5O5S/c1-17-11-12-19(24(34)36-6)18(2)23(17)20-16-22(32-25(28)31-20)38-15-14-29-21(33)10-8-7-9-13-30-26(35)37-27(3,4)5/h11-12,16H,7-10,13-15H2,1-6H3,(H,29,33)(H,30,35)(H2,28,31,32). The summed E-state index contributed by atoms with van der Waals surface area (Å²) >= 11 is 1.46. The van der Waals surface area contributed by atoms with Gasteiger partial charge >= 0.3 is 12.1 Å². The summed E-state index contributed by atoms with van der Waals surface area (Å²) < 4.78 is 10.1. The number of methoxy groups -OCH3 is 1. The summed E-state index contributed by atoms with van der Waals surface area (Å²) in [6.07, 6.45) is 2.35. The van der Waals surface area contributed by atoms with E-state index in [2.05, 4.69) is 20.6 Å². The summed E-state index contributed by atoms with van der Waals surface area (Å²) in [5.74, 6) is 0.326. The van der Waals surface area contributed by atoms with E-state index in [0.29, 0.717) is 41.5 Å². The van der Waals surface area contributed by atoms with Crippen LogP contribution in [0, 0.1) is 13.8 Å². The molecule has 0 fully saturated rings. The number of carbonyl (C=O) groups excluding carboxylic acids is 3. The first-order valence-electron chi connectivity index (χ1n) is 12.6. The zero-order valence-corrected chi connectivity index (χ0v) is 23.9. The molecule has 0 saturated carbocycles. The van der Waals surface area contributed by atoms with Crippen molar-refractivity contribution >= 4 is 35.7 Å². The molecule has 1 aromatic heterocycles. The first kappa shape index (κ1) is 30.9. The van der Waals surface area contributed by atoms with E-state index in [1.54, 1.807) is 6.07 Å². The van der Waals surface area contributed by atoms with Crippen molar-refractivity contribution in [2.45, 2.75) is 70.9 Å². The van der Waals surface area contributed by atoms with Crippen LogP contribution < -0.4 is 16.4 Å². The third kappa shape index (κ3) is 10.2. The Kier molecular flexibility index (Phi) is 11.8. The van der Waals surface area contributed by atoms with E-state index in [9.17, 15) is 14.4 Å². The molecular formula is C27H39N5O5S. The van der Waals surface area contributed by atoms with E-state index in [0.717, 1.165) is 36.0 Å².